The molecule has 1 heterocycles. The minimum atomic E-state index is -1.04. The first kappa shape index (κ1) is 15.0. The van der Waals surface area contributed by atoms with Gasteiger partial charge in [0.25, 0.3) is 0 Å². The Bertz CT molecular complexity index is 683. The van der Waals surface area contributed by atoms with Crippen LogP contribution in [0.4, 0.5) is 9.39 Å². The largest absolute Gasteiger partial charge is 0.494 e. The molecule has 1 aromatic heterocycles. The van der Waals surface area contributed by atoms with Crippen molar-refractivity contribution in [3.8, 4) is 5.75 Å². The highest BCUT2D eigenvalue weighted by molar-refractivity contribution is 7.18. The van der Waals surface area contributed by atoms with Gasteiger partial charge in [-0.2, -0.15) is 0 Å². The number of aromatic carboxylic acids is 1. The van der Waals surface area contributed by atoms with Gasteiger partial charge in [-0.1, -0.05) is 6.07 Å². The number of rotatable bonds is 5. The second kappa shape index (κ2) is 6.36. The normalized spacial score (nSPS) is 10.2. The molecule has 0 spiro atoms. The van der Waals surface area contributed by atoms with Crippen molar-refractivity contribution >= 4 is 28.2 Å². The van der Waals surface area contributed by atoms with Crippen LogP contribution in [0.15, 0.2) is 30.3 Å². The standard InChI is InChI=1S/C14H12FNO4S/c1-20-10-3-2-8(6-9(10)15)7-12(17)16-13-5-4-11(21-13)14(18)19/h2-6H,7H2,1H3,(H,16,17)(H,18,19). The average molecular weight is 309 g/mol. The molecule has 0 bridgehead atoms. The number of amides is 1. The average Bonchev–Trinajstić information content (AvgIpc) is 2.87. The van der Waals surface area contributed by atoms with Crippen LogP contribution in [0.3, 0.4) is 0 Å². The highest BCUT2D eigenvalue weighted by Crippen LogP contribution is 2.22. The second-order valence-corrected chi connectivity index (χ2v) is 5.25. The van der Waals surface area contributed by atoms with Gasteiger partial charge < -0.3 is 15.2 Å². The maximum absolute atomic E-state index is 13.5. The van der Waals surface area contributed by atoms with Crippen LogP contribution in [0.5, 0.6) is 5.75 Å². The SMILES string of the molecule is COc1ccc(CC(=O)Nc2ccc(C(=O)O)s2)cc1F. The summed E-state index contributed by atoms with van der Waals surface area (Å²) in [5, 5.41) is 11.8. The van der Waals surface area contributed by atoms with Crippen LogP contribution in [0.1, 0.15) is 15.2 Å². The van der Waals surface area contributed by atoms with Gasteiger partial charge in [-0.05, 0) is 29.8 Å². The molecule has 21 heavy (non-hydrogen) atoms. The summed E-state index contributed by atoms with van der Waals surface area (Å²) in [6, 6.07) is 7.20. The molecular formula is C14H12FNO4S. The van der Waals surface area contributed by atoms with Crippen molar-refractivity contribution < 1.29 is 23.8 Å². The summed E-state index contributed by atoms with van der Waals surface area (Å²) < 4.78 is 18.3. The van der Waals surface area contributed by atoms with E-state index in [0.717, 1.165) is 11.3 Å². The molecule has 0 atom stereocenters. The van der Waals surface area contributed by atoms with Crippen molar-refractivity contribution in [1.29, 1.82) is 0 Å². The number of methoxy groups -OCH3 is 1. The van der Waals surface area contributed by atoms with Crippen molar-refractivity contribution in [3.63, 3.8) is 0 Å². The van der Waals surface area contributed by atoms with Crippen LogP contribution in [-0.2, 0) is 11.2 Å². The van der Waals surface area contributed by atoms with Gasteiger partial charge in [0, 0.05) is 0 Å². The van der Waals surface area contributed by atoms with Crippen molar-refractivity contribution in [2.45, 2.75) is 6.42 Å². The first-order chi connectivity index (χ1) is 9.99. The molecule has 1 aromatic carbocycles. The number of benzene rings is 1. The Kier molecular flexibility index (Phi) is 4.54. The van der Waals surface area contributed by atoms with E-state index in [1.807, 2.05) is 0 Å². The fourth-order valence-electron chi connectivity index (χ4n) is 1.71. The van der Waals surface area contributed by atoms with E-state index in [2.05, 4.69) is 5.32 Å². The van der Waals surface area contributed by atoms with Gasteiger partial charge in [0.15, 0.2) is 11.6 Å². The number of nitrogens with one attached hydrogen (secondary N) is 1. The van der Waals surface area contributed by atoms with E-state index in [0.29, 0.717) is 10.6 Å². The van der Waals surface area contributed by atoms with E-state index in [4.69, 9.17) is 9.84 Å². The maximum Gasteiger partial charge on any atom is 0.345 e. The monoisotopic (exact) mass is 309 g/mol. The fourth-order valence-corrected chi connectivity index (χ4v) is 2.47. The number of anilines is 1. The van der Waals surface area contributed by atoms with Gasteiger partial charge in [0.1, 0.15) is 4.88 Å². The van der Waals surface area contributed by atoms with E-state index in [1.54, 1.807) is 6.07 Å². The number of hydrogen-bond acceptors (Lipinski definition) is 4. The van der Waals surface area contributed by atoms with E-state index >= 15 is 0 Å². The van der Waals surface area contributed by atoms with Gasteiger partial charge in [-0.15, -0.1) is 11.3 Å². The molecule has 5 nitrogen and oxygen atoms in total. The molecule has 2 rings (SSSR count). The quantitative estimate of drug-likeness (QED) is 0.890. The molecule has 0 aliphatic heterocycles. The summed E-state index contributed by atoms with van der Waals surface area (Å²) in [5.41, 5.74) is 0.501. The highest BCUT2D eigenvalue weighted by atomic mass is 32.1. The van der Waals surface area contributed by atoms with Crippen LogP contribution in [-0.4, -0.2) is 24.1 Å². The highest BCUT2D eigenvalue weighted by Gasteiger charge is 2.11. The zero-order chi connectivity index (χ0) is 15.4. The molecule has 110 valence electrons. The Balaban J connectivity index is 2.01. The Morgan fingerprint density at radius 2 is 2.10 bits per heavy atom. The molecular weight excluding hydrogens is 297 g/mol. The van der Waals surface area contributed by atoms with Gasteiger partial charge in [-0.3, -0.25) is 4.79 Å². The number of carbonyl (C=O) groups is 2. The maximum atomic E-state index is 13.5. The summed E-state index contributed by atoms with van der Waals surface area (Å²) in [6.45, 7) is 0. The van der Waals surface area contributed by atoms with Crippen molar-refractivity contribution in [1.82, 2.24) is 0 Å². The first-order valence-corrected chi connectivity index (χ1v) is 6.76. The molecule has 7 heteroatoms. The fraction of sp³-hybridized carbons (Fsp3) is 0.143. The Morgan fingerprint density at radius 3 is 2.67 bits per heavy atom. The van der Waals surface area contributed by atoms with Crippen LogP contribution < -0.4 is 10.1 Å². The molecule has 1 amide bonds. The van der Waals surface area contributed by atoms with E-state index in [-0.39, 0.29) is 23.0 Å². The third kappa shape index (κ3) is 3.79. The molecule has 0 saturated heterocycles. The number of halogens is 1. The Hall–Kier alpha value is -2.41. The van der Waals surface area contributed by atoms with Crippen molar-refractivity contribution in [2.75, 3.05) is 12.4 Å². The molecule has 0 unspecified atom stereocenters. The van der Waals surface area contributed by atoms with Gasteiger partial charge in [-0.25, -0.2) is 9.18 Å². The molecule has 0 aliphatic rings. The number of carbonyl (C=O) groups excluding carboxylic acids is 1. The zero-order valence-corrected chi connectivity index (χ0v) is 11.9. The van der Waals surface area contributed by atoms with Crippen molar-refractivity contribution in [3.05, 3.63) is 46.6 Å². The third-order valence-electron chi connectivity index (χ3n) is 2.66. The Labute approximate surface area is 124 Å². The van der Waals surface area contributed by atoms with E-state index < -0.39 is 11.8 Å². The number of thiophene rings is 1. The number of carboxylic acid groups (broad SMARTS) is 1. The lowest BCUT2D eigenvalue weighted by atomic mass is 10.1. The molecule has 0 aliphatic carbocycles. The minimum absolute atomic E-state index is 0.0127. The van der Waals surface area contributed by atoms with E-state index in [9.17, 15) is 14.0 Å². The lowest BCUT2D eigenvalue weighted by Crippen LogP contribution is -2.13. The molecule has 0 radical (unpaired) electrons. The summed E-state index contributed by atoms with van der Waals surface area (Å²) in [7, 11) is 1.36. The Morgan fingerprint density at radius 1 is 1.33 bits per heavy atom. The number of ether oxygens (including phenoxy) is 1. The molecule has 2 aromatic rings. The van der Waals surface area contributed by atoms with Crippen LogP contribution >= 0.6 is 11.3 Å². The summed E-state index contributed by atoms with van der Waals surface area (Å²) >= 11 is 0.964. The predicted octanol–water partition coefficient (Wildman–Crippen LogP) is 2.78. The summed E-state index contributed by atoms with van der Waals surface area (Å²) in [5.74, 6) is -1.81. The zero-order valence-electron chi connectivity index (χ0n) is 11.1. The molecule has 0 fully saturated rings. The minimum Gasteiger partial charge on any atom is -0.494 e. The summed E-state index contributed by atoms with van der Waals surface area (Å²) in [4.78, 5) is 22.7. The lowest BCUT2D eigenvalue weighted by molar-refractivity contribution is -0.115. The summed E-state index contributed by atoms with van der Waals surface area (Å²) in [6.07, 6.45) is -0.0127. The smallest absolute Gasteiger partial charge is 0.345 e. The van der Waals surface area contributed by atoms with Crippen LogP contribution in [0.2, 0.25) is 0 Å². The first-order valence-electron chi connectivity index (χ1n) is 5.95. The van der Waals surface area contributed by atoms with Gasteiger partial charge in [0.2, 0.25) is 5.91 Å². The lowest BCUT2D eigenvalue weighted by Gasteiger charge is -2.05. The van der Waals surface area contributed by atoms with Crippen molar-refractivity contribution in [2.24, 2.45) is 0 Å². The second-order valence-electron chi connectivity index (χ2n) is 4.16. The van der Waals surface area contributed by atoms with Gasteiger partial charge in [0.05, 0.1) is 18.5 Å². The number of hydrogen-bond donors (Lipinski definition) is 2. The third-order valence-corrected chi connectivity index (χ3v) is 3.65. The number of carboxylic acids is 1. The van der Waals surface area contributed by atoms with E-state index in [1.165, 1.54) is 31.4 Å². The van der Waals surface area contributed by atoms with Gasteiger partial charge >= 0.3 is 5.97 Å². The molecule has 0 saturated carbocycles. The topological polar surface area (TPSA) is 75.6 Å². The predicted molar refractivity (Wildman–Crippen MR) is 76.6 cm³/mol. The van der Waals surface area contributed by atoms with Crippen LogP contribution in [0, 0.1) is 5.82 Å². The molecule has 2 N–H and O–H groups in total. The van der Waals surface area contributed by atoms with Crippen LogP contribution in [0.25, 0.3) is 0 Å².